The van der Waals surface area contributed by atoms with Crippen molar-refractivity contribution >= 4 is 0 Å². The van der Waals surface area contributed by atoms with Gasteiger partial charge in [-0.05, 0) is 37.9 Å². The monoisotopic (exact) mass is 180 g/mol. The van der Waals surface area contributed by atoms with Crippen molar-refractivity contribution in [1.82, 2.24) is 4.98 Å². The number of rotatable bonds is 3. The van der Waals surface area contributed by atoms with E-state index in [2.05, 4.69) is 4.98 Å². The Labute approximate surface area is 77.0 Å². The number of hydrogen-bond donors (Lipinski definition) is 1. The normalized spacial score (nSPS) is 18.6. The summed E-state index contributed by atoms with van der Waals surface area (Å²) in [7, 11) is 0. The van der Waals surface area contributed by atoms with Crippen molar-refractivity contribution in [2.75, 3.05) is 6.54 Å². The van der Waals surface area contributed by atoms with Gasteiger partial charge in [0.25, 0.3) is 0 Å². The Morgan fingerprint density at radius 1 is 1.54 bits per heavy atom. The maximum Gasteiger partial charge on any atom is 0.145 e. The highest BCUT2D eigenvalue weighted by atomic mass is 19.1. The van der Waals surface area contributed by atoms with E-state index in [0.717, 1.165) is 19.3 Å². The average molecular weight is 180 g/mol. The summed E-state index contributed by atoms with van der Waals surface area (Å²) in [6.07, 6.45) is 4.55. The molecule has 1 aromatic rings. The fourth-order valence-corrected chi connectivity index (χ4v) is 1.81. The third-order valence-electron chi connectivity index (χ3n) is 2.74. The van der Waals surface area contributed by atoms with Gasteiger partial charge in [-0.1, -0.05) is 0 Å². The molecule has 1 saturated carbocycles. The molecule has 0 aliphatic heterocycles. The van der Waals surface area contributed by atoms with Gasteiger partial charge >= 0.3 is 0 Å². The lowest BCUT2D eigenvalue weighted by atomic mass is 9.97. The fraction of sp³-hybridized carbons (Fsp3) is 0.500. The summed E-state index contributed by atoms with van der Waals surface area (Å²) in [5.74, 6) is -0.187. The summed E-state index contributed by atoms with van der Waals surface area (Å²) >= 11 is 0. The summed E-state index contributed by atoms with van der Waals surface area (Å²) < 4.78 is 13.3. The van der Waals surface area contributed by atoms with E-state index in [4.69, 9.17) is 5.73 Å². The largest absolute Gasteiger partial charge is 0.330 e. The van der Waals surface area contributed by atoms with Crippen molar-refractivity contribution < 1.29 is 4.39 Å². The van der Waals surface area contributed by atoms with Crippen LogP contribution in [-0.4, -0.2) is 11.5 Å². The number of nitrogens with zero attached hydrogens (tertiary/aromatic N) is 1. The van der Waals surface area contributed by atoms with Crippen LogP contribution >= 0.6 is 0 Å². The Kier molecular flexibility index (Phi) is 2.04. The number of nitrogens with two attached hydrogens (primary N) is 1. The molecule has 0 radical (unpaired) electrons. The highest BCUT2D eigenvalue weighted by molar-refractivity contribution is 5.25. The first-order chi connectivity index (χ1) is 6.28. The smallest absolute Gasteiger partial charge is 0.145 e. The van der Waals surface area contributed by atoms with Crippen LogP contribution in [0.3, 0.4) is 0 Å². The molecule has 70 valence electrons. The number of pyridine rings is 1. The Hall–Kier alpha value is -0.960. The first-order valence-electron chi connectivity index (χ1n) is 4.60. The molecule has 2 rings (SSSR count). The molecule has 2 nitrogen and oxygen atoms in total. The van der Waals surface area contributed by atoms with E-state index in [0.29, 0.717) is 12.2 Å². The molecule has 0 saturated heterocycles. The van der Waals surface area contributed by atoms with Crippen molar-refractivity contribution in [2.45, 2.75) is 24.7 Å². The first-order valence-corrected chi connectivity index (χ1v) is 4.60. The summed E-state index contributed by atoms with van der Waals surface area (Å²) in [6, 6.07) is 3.09. The first kappa shape index (κ1) is 8.63. The lowest BCUT2D eigenvalue weighted by molar-refractivity contribution is 0.532. The van der Waals surface area contributed by atoms with Gasteiger partial charge < -0.3 is 5.73 Å². The third kappa shape index (κ3) is 1.44. The van der Waals surface area contributed by atoms with Crippen molar-refractivity contribution in [1.29, 1.82) is 0 Å². The quantitative estimate of drug-likeness (QED) is 0.767. The van der Waals surface area contributed by atoms with Crippen molar-refractivity contribution in [2.24, 2.45) is 5.73 Å². The average Bonchev–Trinajstić information content (AvgIpc) is 2.87. The van der Waals surface area contributed by atoms with E-state index in [1.54, 1.807) is 12.3 Å². The molecule has 0 bridgehead atoms. The van der Waals surface area contributed by atoms with Gasteiger partial charge in [0, 0.05) is 11.6 Å². The molecule has 13 heavy (non-hydrogen) atoms. The summed E-state index contributed by atoms with van der Waals surface area (Å²) in [5, 5.41) is 0. The molecule has 0 aromatic carbocycles. The Bertz CT molecular complexity index is 308. The minimum absolute atomic E-state index is 0.0277. The van der Waals surface area contributed by atoms with E-state index < -0.39 is 0 Å². The van der Waals surface area contributed by atoms with Gasteiger partial charge in [-0.3, -0.25) is 4.98 Å². The van der Waals surface area contributed by atoms with Crippen LogP contribution in [0.4, 0.5) is 4.39 Å². The standard InChI is InChI=1S/C10H13FN2/c11-8-2-1-7-13-9(8)10(3-4-10)5-6-12/h1-2,7H,3-6,12H2. The zero-order valence-corrected chi connectivity index (χ0v) is 7.46. The predicted molar refractivity (Wildman–Crippen MR) is 48.8 cm³/mol. The van der Waals surface area contributed by atoms with Gasteiger partial charge in [-0.2, -0.15) is 0 Å². The van der Waals surface area contributed by atoms with Gasteiger partial charge in [-0.25, -0.2) is 4.39 Å². The third-order valence-corrected chi connectivity index (χ3v) is 2.74. The summed E-state index contributed by atoms with van der Waals surface area (Å²) in [6.45, 7) is 0.607. The van der Waals surface area contributed by atoms with Crippen LogP contribution in [0.15, 0.2) is 18.3 Å². The zero-order chi connectivity index (χ0) is 9.31. The molecule has 2 N–H and O–H groups in total. The molecule has 3 heteroatoms. The molecule has 1 heterocycles. The van der Waals surface area contributed by atoms with Crippen molar-refractivity contribution in [3.63, 3.8) is 0 Å². The molecular formula is C10H13FN2. The molecule has 1 aliphatic rings. The second-order valence-electron chi connectivity index (χ2n) is 3.65. The van der Waals surface area contributed by atoms with Gasteiger partial charge in [-0.15, -0.1) is 0 Å². The summed E-state index contributed by atoms with van der Waals surface area (Å²) in [4.78, 5) is 4.10. The van der Waals surface area contributed by atoms with Crippen LogP contribution in [0.25, 0.3) is 0 Å². The van der Waals surface area contributed by atoms with Gasteiger partial charge in [0.2, 0.25) is 0 Å². The van der Waals surface area contributed by atoms with E-state index in [1.807, 2.05) is 0 Å². The van der Waals surface area contributed by atoms with E-state index in [-0.39, 0.29) is 11.2 Å². The topological polar surface area (TPSA) is 38.9 Å². The highest BCUT2D eigenvalue weighted by Gasteiger charge is 2.46. The highest BCUT2D eigenvalue weighted by Crippen LogP contribution is 2.50. The second kappa shape index (κ2) is 3.07. The summed E-state index contributed by atoms with van der Waals surface area (Å²) in [5.41, 5.74) is 6.08. The molecule has 0 atom stereocenters. The lowest BCUT2D eigenvalue weighted by Crippen LogP contribution is -2.16. The number of hydrogen-bond acceptors (Lipinski definition) is 2. The van der Waals surface area contributed by atoms with Crippen molar-refractivity contribution in [3.05, 3.63) is 29.8 Å². The minimum Gasteiger partial charge on any atom is -0.330 e. The maximum atomic E-state index is 13.3. The van der Waals surface area contributed by atoms with E-state index >= 15 is 0 Å². The van der Waals surface area contributed by atoms with Crippen molar-refractivity contribution in [3.8, 4) is 0 Å². The van der Waals surface area contributed by atoms with Crippen LogP contribution in [-0.2, 0) is 5.41 Å². The van der Waals surface area contributed by atoms with Crippen LogP contribution in [0.1, 0.15) is 25.0 Å². The van der Waals surface area contributed by atoms with Gasteiger partial charge in [0.1, 0.15) is 5.82 Å². The Morgan fingerprint density at radius 2 is 2.31 bits per heavy atom. The number of halogens is 1. The van der Waals surface area contributed by atoms with Crippen LogP contribution in [0, 0.1) is 5.82 Å². The Morgan fingerprint density at radius 3 is 2.85 bits per heavy atom. The number of aromatic nitrogens is 1. The molecule has 1 aromatic heterocycles. The SMILES string of the molecule is NCCC1(c2ncccc2F)CC1. The van der Waals surface area contributed by atoms with E-state index in [1.165, 1.54) is 6.07 Å². The molecule has 0 spiro atoms. The molecule has 1 aliphatic carbocycles. The Balaban J connectivity index is 2.30. The minimum atomic E-state index is -0.187. The molecule has 0 unspecified atom stereocenters. The fourth-order valence-electron chi connectivity index (χ4n) is 1.81. The zero-order valence-electron chi connectivity index (χ0n) is 7.46. The van der Waals surface area contributed by atoms with E-state index in [9.17, 15) is 4.39 Å². The van der Waals surface area contributed by atoms with Crippen LogP contribution < -0.4 is 5.73 Å². The predicted octanol–water partition coefficient (Wildman–Crippen LogP) is 1.60. The molecule has 0 amide bonds. The maximum absolute atomic E-state index is 13.3. The lowest BCUT2D eigenvalue weighted by Gasteiger charge is -2.13. The van der Waals surface area contributed by atoms with Crippen LogP contribution in [0.2, 0.25) is 0 Å². The second-order valence-corrected chi connectivity index (χ2v) is 3.65. The molecular weight excluding hydrogens is 167 g/mol. The van der Waals surface area contributed by atoms with Gasteiger partial charge in [0.15, 0.2) is 0 Å². The molecule has 1 fully saturated rings. The van der Waals surface area contributed by atoms with Crippen LogP contribution in [0.5, 0.6) is 0 Å². The van der Waals surface area contributed by atoms with Gasteiger partial charge in [0.05, 0.1) is 5.69 Å².